The van der Waals surface area contributed by atoms with Crippen LogP contribution in [0.5, 0.6) is 0 Å². The Hall–Kier alpha value is -1.42. The van der Waals surface area contributed by atoms with Gasteiger partial charge in [-0.2, -0.15) is 0 Å². The number of hydrogen-bond acceptors (Lipinski definition) is 2. The van der Waals surface area contributed by atoms with E-state index in [0.717, 1.165) is 10.4 Å². The highest BCUT2D eigenvalue weighted by Gasteiger charge is 2.41. The van der Waals surface area contributed by atoms with Gasteiger partial charge in [0.15, 0.2) is 0 Å². The molecular weight excluding hydrogens is 276 g/mol. The Morgan fingerprint density at radius 1 is 0.619 bits per heavy atom. The number of rotatable bonds is 4. The first kappa shape index (κ1) is 16.0. The molecule has 0 heterocycles. The van der Waals surface area contributed by atoms with E-state index in [1.165, 1.54) is 22.3 Å². The largest absolute Gasteiger partial charge is 0.406 e. The number of hydrogen-bond donors (Lipinski definition) is 0. The van der Waals surface area contributed by atoms with E-state index in [1.807, 2.05) is 0 Å². The maximum absolute atomic E-state index is 5.97. The molecule has 2 aromatic rings. The normalized spacial score (nSPS) is 11.7. The van der Waals surface area contributed by atoms with Crippen LogP contribution >= 0.6 is 0 Å². The fourth-order valence-corrected chi connectivity index (χ4v) is 5.48. The van der Waals surface area contributed by atoms with Crippen LogP contribution in [0.25, 0.3) is 0 Å². The fraction of sp³-hybridized carbons (Fsp3) is 0.333. The van der Waals surface area contributed by atoms with E-state index in [2.05, 4.69) is 64.1 Å². The molecule has 0 atom stereocenters. The molecule has 0 radical (unpaired) electrons. The standard InChI is InChI=1S/C18H24O2Si/c1-13-7-9-17(11-15(13)3)21(19-5,20-6)18-10-8-14(2)16(4)12-18/h7-12H,1-6H3. The molecule has 0 bridgehead atoms. The summed E-state index contributed by atoms with van der Waals surface area (Å²) in [4.78, 5) is 0. The molecular formula is C18H24O2Si. The molecule has 21 heavy (non-hydrogen) atoms. The average molecular weight is 300 g/mol. The van der Waals surface area contributed by atoms with Gasteiger partial charge < -0.3 is 8.85 Å². The molecule has 0 amide bonds. The predicted octanol–water partition coefficient (Wildman–Crippen LogP) is 2.77. The van der Waals surface area contributed by atoms with Crippen LogP contribution in [0.15, 0.2) is 36.4 Å². The van der Waals surface area contributed by atoms with Crippen molar-refractivity contribution in [3.63, 3.8) is 0 Å². The van der Waals surface area contributed by atoms with Crippen LogP contribution in [0.4, 0.5) is 0 Å². The second-order valence-electron chi connectivity index (χ2n) is 5.62. The molecule has 0 aromatic heterocycles. The Morgan fingerprint density at radius 2 is 1.00 bits per heavy atom. The summed E-state index contributed by atoms with van der Waals surface area (Å²) in [5.74, 6) is 0. The summed E-state index contributed by atoms with van der Waals surface area (Å²) >= 11 is 0. The summed E-state index contributed by atoms with van der Waals surface area (Å²) in [5, 5.41) is 2.30. The van der Waals surface area contributed by atoms with Gasteiger partial charge in [-0.1, -0.05) is 36.4 Å². The molecule has 0 fully saturated rings. The Bertz CT molecular complexity index is 592. The number of benzene rings is 2. The predicted molar refractivity (Wildman–Crippen MR) is 90.9 cm³/mol. The maximum atomic E-state index is 5.97. The van der Waals surface area contributed by atoms with Gasteiger partial charge in [0.2, 0.25) is 0 Å². The monoisotopic (exact) mass is 300 g/mol. The lowest BCUT2D eigenvalue weighted by Crippen LogP contribution is -2.62. The highest BCUT2D eigenvalue weighted by atomic mass is 28.4. The average Bonchev–Trinajstić information content (AvgIpc) is 2.48. The first-order valence-electron chi connectivity index (χ1n) is 7.20. The van der Waals surface area contributed by atoms with Crippen LogP contribution in [0, 0.1) is 27.7 Å². The molecule has 0 aliphatic carbocycles. The lowest BCUT2D eigenvalue weighted by Gasteiger charge is -2.29. The minimum absolute atomic E-state index is 1.15. The van der Waals surface area contributed by atoms with Crippen LogP contribution in [-0.4, -0.2) is 22.8 Å². The second kappa shape index (κ2) is 6.14. The molecule has 2 rings (SSSR count). The van der Waals surface area contributed by atoms with Crippen LogP contribution in [0.3, 0.4) is 0 Å². The van der Waals surface area contributed by atoms with E-state index in [-0.39, 0.29) is 0 Å². The zero-order valence-corrected chi connectivity index (χ0v) is 14.8. The molecule has 0 spiro atoms. The first-order chi connectivity index (χ1) is 9.94. The summed E-state index contributed by atoms with van der Waals surface area (Å²) in [6, 6.07) is 13.0. The van der Waals surface area contributed by atoms with E-state index in [0.29, 0.717) is 0 Å². The fourth-order valence-electron chi connectivity index (χ4n) is 2.61. The van der Waals surface area contributed by atoms with E-state index >= 15 is 0 Å². The molecule has 2 aromatic carbocycles. The van der Waals surface area contributed by atoms with Gasteiger partial charge in [0.05, 0.1) is 0 Å². The van der Waals surface area contributed by atoms with Crippen molar-refractivity contribution in [2.45, 2.75) is 27.7 Å². The molecule has 3 heteroatoms. The van der Waals surface area contributed by atoms with E-state index in [1.54, 1.807) is 14.2 Å². The molecule has 2 nitrogen and oxygen atoms in total. The summed E-state index contributed by atoms with van der Waals surface area (Å²) in [6.07, 6.45) is 0. The molecule has 0 aliphatic heterocycles. The molecule has 0 unspecified atom stereocenters. The van der Waals surface area contributed by atoms with Gasteiger partial charge in [0.25, 0.3) is 0 Å². The smallest absolute Gasteiger partial charge is 0.391 e. The highest BCUT2D eigenvalue weighted by molar-refractivity contribution is 6.92. The topological polar surface area (TPSA) is 18.5 Å². The SMILES string of the molecule is CO[Si](OC)(c1ccc(C)c(C)c1)c1ccc(C)c(C)c1. The summed E-state index contributed by atoms with van der Waals surface area (Å²) in [7, 11) is 0.896. The van der Waals surface area contributed by atoms with Crippen molar-refractivity contribution in [2.24, 2.45) is 0 Å². The maximum Gasteiger partial charge on any atom is 0.406 e. The Morgan fingerprint density at radius 3 is 1.29 bits per heavy atom. The minimum Gasteiger partial charge on any atom is -0.391 e. The van der Waals surface area contributed by atoms with Crippen molar-refractivity contribution in [1.29, 1.82) is 0 Å². The Kier molecular flexibility index (Phi) is 4.66. The molecule has 0 saturated heterocycles. The van der Waals surface area contributed by atoms with E-state index < -0.39 is 8.56 Å². The number of aryl methyl sites for hydroxylation is 4. The summed E-state index contributed by atoms with van der Waals surface area (Å²) in [6.45, 7) is 8.50. The van der Waals surface area contributed by atoms with Crippen LogP contribution in [0.1, 0.15) is 22.3 Å². The van der Waals surface area contributed by atoms with Crippen molar-refractivity contribution >= 4 is 18.9 Å². The zero-order valence-electron chi connectivity index (χ0n) is 13.8. The van der Waals surface area contributed by atoms with Gasteiger partial charge in [0, 0.05) is 14.2 Å². The third-order valence-corrected chi connectivity index (χ3v) is 7.64. The third-order valence-electron chi connectivity index (χ3n) is 4.35. The summed E-state index contributed by atoms with van der Waals surface area (Å²) < 4.78 is 11.9. The van der Waals surface area contributed by atoms with Crippen molar-refractivity contribution in [1.82, 2.24) is 0 Å². The molecule has 0 saturated carbocycles. The lowest BCUT2D eigenvalue weighted by atomic mass is 10.1. The van der Waals surface area contributed by atoms with Crippen molar-refractivity contribution in [3.05, 3.63) is 58.7 Å². The van der Waals surface area contributed by atoms with Crippen molar-refractivity contribution in [2.75, 3.05) is 14.2 Å². The lowest BCUT2D eigenvalue weighted by molar-refractivity contribution is 0.272. The van der Waals surface area contributed by atoms with Crippen molar-refractivity contribution in [3.8, 4) is 0 Å². The third kappa shape index (κ3) is 2.82. The van der Waals surface area contributed by atoms with Gasteiger partial charge in [-0.3, -0.25) is 0 Å². The summed E-state index contributed by atoms with van der Waals surface area (Å²) in [5.41, 5.74) is 5.10. The van der Waals surface area contributed by atoms with Crippen LogP contribution in [0.2, 0.25) is 0 Å². The van der Waals surface area contributed by atoms with Gasteiger partial charge in [0.1, 0.15) is 0 Å². The minimum atomic E-state index is -2.60. The van der Waals surface area contributed by atoms with Gasteiger partial charge in [-0.25, -0.2) is 0 Å². The molecule has 112 valence electrons. The van der Waals surface area contributed by atoms with Gasteiger partial charge in [-0.05, 0) is 60.3 Å². The molecule has 0 N–H and O–H groups in total. The first-order valence-corrected chi connectivity index (χ1v) is 9.02. The zero-order chi connectivity index (χ0) is 15.6. The van der Waals surface area contributed by atoms with E-state index in [4.69, 9.17) is 8.85 Å². The van der Waals surface area contributed by atoms with Crippen molar-refractivity contribution < 1.29 is 8.85 Å². The highest BCUT2D eigenvalue weighted by Crippen LogP contribution is 2.13. The quantitative estimate of drug-likeness (QED) is 0.808. The van der Waals surface area contributed by atoms with Gasteiger partial charge in [-0.15, -0.1) is 0 Å². The van der Waals surface area contributed by atoms with E-state index in [9.17, 15) is 0 Å². The Balaban J connectivity index is 2.63. The Labute approximate surface area is 129 Å². The molecule has 0 aliphatic rings. The van der Waals surface area contributed by atoms with Gasteiger partial charge >= 0.3 is 8.56 Å². The van der Waals surface area contributed by atoms with Crippen LogP contribution in [-0.2, 0) is 8.85 Å². The van der Waals surface area contributed by atoms with Crippen LogP contribution < -0.4 is 10.4 Å². The second-order valence-corrected chi connectivity index (χ2v) is 8.83.